The number of nitrogens with zero attached hydrogens (tertiary/aromatic N) is 1. The van der Waals surface area contributed by atoms with E-state index in [4.69, 9.17) is 11.6 Å². The summed E-state index contributed by atoms with van der Waals surface area (Å²) in [6.45, 7) is 7.07. The van der Waals surface area contributed by atoms with Gasteiger partial charge in [0.15, 0.2) is 0 Å². The Balaban J connectivity index is 2.85. The number of benzene rings is 1. The van der Waals surface area contributed by atoms with E-state index in [1.165, 1.54) is 6.92 Å². The average molecular weight is 325 g/mol. The third-order valence-electron chi connectivity index (χ3n) is 3.37. The van der Waals surface area contributed by atoms with Crippen molar-refractivity contribution in [2.45, 2.75) is 46.1 Å². The van der Waals surface area contributed by atoms with E-state index in [2.05, 4.69) is 19.2 Å². The predicted octanol–water partition coefficient (Wildman–Crippen LogP) is 3.56. The molecule has 1 aromatic carbocycles. The molecule has 4 nitrogen and oxygen atoms in total. The smallest absolute Gasteiger partial charge is 0.224 e. The molecule has 0 aliphatic rings. The third kappa shape index (κ3) is 6.06. The van der Waals surface area contributed by atoms with Gasteiger partial charge in [-0.15, -0.1) is 0 Å². The minimum atomic E-state index is -0.321. The number of carbonyl (C=O) groups is 2. The lowest BCUT2D eigenvalue weighted by Crippen LogP contribution is -2.36. The van der Waals surface area contributed by atoms with E-state index >= 15 is 0 Å². The molecule has 0 aliphatic heterocycles. The van der Waals surface area contributed by atoms with Gasteiger partial charge in [0, 0.05) is 25.0 Å². The zero-order chi connectivity index (χ0) is 16.5. The van der Waals surface area contributed by atoms with Crippen LogP contribution >= 0.6 is 11.6 Å². The van der Waals surface area contributed by atoms with Crippen LogP contribution in [0.4, 0.5) is 0 Å². The molecule has 5 heteroatoms. The Morgan fingerprint density at radius 3 is 2.14 bits per heavy atom. The molecule has 1 aromatic rings. The van der Waals surface area contributed by atoms with Crippen LogP contribution in [0.2, 0.25) is 5.02 Å². The van der Waals surface area contributed by atoms with Gasteiger partial charge < -0.3 is 10.2 Å². The Bertz CT molecular complexity index is 482. The number of hydrogen-bond acceptors (Lipinski definition) is 2. The first-order valence-electron chi connectivity index (χ1n) is 7.78. The van der Waals surface area contributed by atoms with Crippen molar-refractivity contribution >= 4 is 23.4 Å². The topological polar surface area (TPSA) is 49.4 Å². The highest BCUT2D eigenvalue weighted by molar-refractivity contribution is 6.30. The molecule has 0 bridgehead atoms. The van der Waals surface area contributed by atoms with Gasteiger partial charge in [0.25, 0.3) is 0 Å². The molecule has 1 atom stereocenters. The molecule has 0 radical (unpaired) electrons. The van der Waals surface area contributed by atoms with Gasteiger partial charge >= 0.3 is 0 Å². The zero-order valence-electron chi connectivity index (χ0n) is 13.6. The average Bonchev–Trinajstić information content (AvgIpc) is 2.46. The molecule has 122 valence electrons. The lowest BCUT2D eigenvalue weighted by molar-refractivity contribution is -0.132. The van der Waals surface area contributed by atoms with Crippen LogP contribution in [0.3, 0.4) is 0 Å². The monoisotopic (exact) mass is 324 g/mol. The Hall–Kier alpha value is -1.55. The van der Waals surface area contributed by atoms with Crippen molar-refractivity contribution in [3.8, 4) is 0 Å². The minimum Gasteiger partial charge on any atom is -0.349 e. The Labute approximate surface area is 137 Å². The number of carbonyl (C=O) groups excluding carboxylic acids is 2. The number of rotatable bonds is 8. The molecule has 0 heterocycles. The highest BCUT2D eigenvalue weighted by Crippen LogP contribution is 2.20. The molecular weight excluding hydrogens is 300 g/mol. The molecule has 1 rings (SSSR count). The lowest BCUT2D eigenvalue weighted by atomic mass is 10.0. The van der Waals surface area contributed by atoms with Gasteiger partial charge in [-0.2, -0.15) is 0 Å². The van der Waals surface area contributed by atoms with Crippen molar-refractivity contribution < 1.29 is 9.59 Å². The fourth-order valence-corrected chi connectivity index (χ4v) is 2.52. The van der Waals surface area contributed by atoms with Crippen LogP contribution in [0.15, 0.2) is 24.3 Å². The summed E-state index contributed by atoms with van der Waals surface area (Å²) < 4.78 is 0. The van der Waals surface area contributed by atoms with Crippen molar-refractivity contribution in [2.75, 3.05) is 13.1 Å². The zero-order valence-corrected chi connectivity index (χ0v) is 14.3. The van der Waals surface area contributed by atoms with Crippen molar-refractivity contribution in [3.05, 3.63) is 34.9 Å². The molecular formula is C17H25ClN2O2. The summed E-state index contributed by atoms with van der Waals surface area (Å²) in [7, 11) is 0. The molecule has 0 aliphatic carbocycles. The van der Waals surface area contributed by atoms with E-state index in [1.54, 1.807) is 12.1 Å². The van der Waals surface area contributed by atoms with Crippen molar-refractivity contribution in [1.82, 2.24) is 10.2 Å². The van der Waals surface area contributed by atoms with E-state index in [0.29, 0.717) is 5.02 Å². The number of nitrogens with one attached hydrogen (secondary N) is 1. The molecule has 0 saturated carbocycles. The molecule has 1 unspecified atom stereocenters. The molecule has 0 saturated heterocycles. The van der Waals surface area contributed by atoms with Gasteiger partial charge in [-0.05, 0) is 30.5 Å². The van der Waals surface area contributed by atoms with Crippen molar-refractivity contribution in [3.63, 3.8) is 0 Å². The van der Waals surface area contributed by atoms with E-state index in [0.717, 1.165) is 31.5 Å². The number of hydrogen-bond donors (Lipinski definition) is 1. The van der Waals surface area contributed by atoms with Crippen molar-refractivity contribution in [1.29, 1.82) is 0 Å². The van der Waals surface area contributed by atoms with Crippen LogP contribution in [0.5, 0.6) is 0 Å². The highest BCUT2D eigenvalue weighted by Gasteiger charge is 2.20. The maximum atomic E-state index is 12.5. The third-order valence-corrected chi connectivity index (χ3v) is 3.62. The highest BCUT2D eigenvalue weighted by atomic mass is 35.5. The second kappa shape index (κ2) is 9.46. The molecule has 0 spiro atoms. The molecule has 0 aromatic heterocycles. The maximum absolute atomic E-state index is 12.5. The Morgan fingerprint density at radius 2 is 1.68 bits per heavy atom. The lowest BCUT2D eigenvalue weighted by Gasteiger charge is -2.25. The van der Waals surface area contributed by atoms with E-state index in [-0.39, 0.29) is 24.3 Å². The van der Waals surface area contributed by atoms with Gasteiger partial charge in [0.2, 0.25) is 11.8 Å². The maximum Gasteiger partial charge on any atom is 0.224 e. The Morgan fingerprint density at radius 1 is 1.14 bits per heavy atom. The SMILES string of the molecule is CCCN(CCC)C(=O)CC(NC(C)=O)c1ccc(Cl)cc1. The molecule has 2 amide bonds. The predicted molar refractivity (Wildman–Crippen MR) is 89.8 cm³/mol. The van der Waals surface area contributed by atoms with Gasteiger partial charge in [-0.25, -0.2) is 0 Å². The largest absolute Gasteiger partial charge is 0.349 e. The van der Waals surface area contributed by atoms with Gasteiger partial charge in [0.1, 0.15) is 0 Å². The van der Waals surface area contributed by atoms with Crippen LogP contribution in [0.1, 0.15) is 51.6 Å². The van der Waals surface area contributed by atoms with E-state index in [9.17, 15) is 9.59 Å². The fraction of sp³-hybridized carbons (Fsp3) is 0.529. The van der Waals surface area contributed by atoms with E-state index < -0.39 is 0 Å². The minimum absolute atomic E-state index is 0.0670. The van der Waals surface area contributed by atoms with Crippen LogP contribution in [0, 0.1) is 0 Å². The van der Waals surface area contributed by atoms with Crippen LogP contribution in [-0.2, 0) is 9.59 Å². The summed E-state index contributed by atoms with van der Waals surface area (Å²) in [6.07, 6.45) is 2.12. The summed E-state index contributed by atoms with van der Waals surface area (Å²) in [5.41, 5.74) is 0.890. The molecule has 1 N–H and O–H groups in total. The quantitative estimate of drug-likeness (QED) is 0.795. The number of amides is 2. The summed E-state index contributed by atoms with van der Waals surface area (Å²) in [5.74, 6) is -0.0808. The van der Waals surface area contributed by atoms with Gasteiger partial charge in [-0.3, -0.25) is 9.59 Å². The molecule has 0 fully saturated rings. The first-order chi connectivity index (χ1) is 10.5. The summed E-state index contributed by atoms with van der Waals surface area (Å²) >= 11 is 5.90. The second-order valence-electron chi connectivity index (χ2n) is 5.39. The van der Waals surface area contributed by atoms with Crippen LogP contribution < -0.4 is 5.32 Å². The van der Waals surface area contributed by atoms with Crippen molar-refractivity contribution in [2.24, 2.45) is 0 Å². The number of halogens is 1. The van der Waals surface area contributed by atoms with Gasteiger partial charge in [-0.1, -0.05) is 37.6 Å². The van der Waals surface area contributed by atoms with E-state index in [1.807, 2.05) is 17.0 Å². The first-order valence-corrected chi connectivity index (χ1v) is 8.16. The normalized spacial score (nSPS) is 11.8. The Kier molecular flexibility index (Phi) is 7.96. The van der Waals surface area contributed by atoms with Gasteiger partial charge in [0.05, 0.1) is 12.5 Å². The summed E-state index contributed by atoms with van der Waals surface area (Å²) in [5, 5.41) is 3.49. The summed E-state index contributed by atoms with van der Waals surface area (Å²) in [4.78, 5) is 25.8. The first kappa shape index (κ1) is 18.5. The molecule has 22 heavy (non-hydrogen) atoms. The fourth-order valence-electron chi connectivity index (χ4n) is 2.40. The summed E-state index contributed by atoms with van der Waals surface area (Å²) in [6, 6.07) is 6.91. The second-order valence-corrected chi connectivity index (χ2v) is 5.83. The van der Waals surface area contributed by atoms with Crippen LogP contribution in [0.25, 0.3) is 0 Å². The standard InChI is InChI=1S/C17H25ClN2O2/c1-4-10-20(11-5-2)17(22)12-16(19-13(3)21)14-6-8-15(18)9-7-14/h6-9,16H,4-5,10-12H2,1-3H3,(H,19,21). The van der Waals surface area contributed by atoms with Crippen LogP contribution in [-0.4, -0.2) is 29.8 Å².